The van der Waals surface area contributed by atoms with Crippen LogP contribution in [0.4, 0.5) is 0 Å². The van der Waals surface area contributed by atoms with Crippen molar-refractivity contribution in [3.05, 3.63) is 21.3 Å². The minimum atomic E-state index is -0.727. The third kappa shape index (κ3) is 3.47. The summed E-state index contributed by atoms with van der Waals surface area (Å²) in [5.41, 5.74) is 0. The van der Waals surface area contributed by atoms with Crippen LogP contribution in [0.25, 0.3) is 0 Å². The number of carboxylic acid groups (broad SMARTS) is 1. The lowest BCUT2D eigenvalue weighted by Gasteiger charge is -2.19. The van der Waals surface area contributed by atoms with Gasteiger partial charge < -0.3 is 5.11 Å². The van der Waals surface area contributed by atoms with E-state index in [1.807, 2.05) is 12.1 Å². The Labute approximate surface area is 104 Å². The zero-order valence-electron chi connectivity index (χ0n) is 8.86. The standard InChI is InChI=1S/C11H14ClNO2S/c12-10-4-3-9(16-10)7-13(8-1-2-8)6-5-11(14)15/h3-4,8H,1-2,5-7H2,(H,14,15). The Bertz CT molecular complexity index is 376. The molecule has 1 aliphatic carbocycles. The van der Waals surface area contributed by atoms with Crippen molar-refractivity contribution in [2.45, 2.75) is 31.8 Å². The minimum absolute atomic E-state index is 0.218. The van der Waals surface area contributed by atoms with Crippen LogP contribution in [0.15, 0.2) is 12.1 Å². The molecule has 0 saturated heterocycles. The van der Waals surface area contributed by atoms with Crippen molar-refractivity contribution in [2.75, 3.05) is 6.54 Å². The van der Waals surface area contributed by atoms with E-state index in [1.165, 1.54) is 17.7 Å². The number of hydrogen-bond donors (Lipinski definition) is 1. The number of thiophene rings is 1. The second kappa shape index (κ2) is 5.17. The van der Waals surface area contributed by atoms with Crippen molar-refractivity contribution in [3.8, 4) is 0 Å². The van der Waals surface area contributed by atoms with Gasteiger partial charge >= 0.3 is 5.97 Å². The van der Waals surface area contributed by atoms with Gasteiger partial charge in [-0.15, -0.1) is 11.3 Å². The summed E-state index contributed by atoms with van der Waals surface area (Å²) >= 11 is 7.44. The van der Waals surface area contributed by atoms with Crippen molar-refractivity contribution in [1.82, 2.24) is 4.90 Å². The summed E-state index contributed by atoms with van der Waals surface area (Å²) in [6.45, 7) is 1.46. The monoisotopic (exact) mass is 259 g/mol. The Hall–Kier alpha value is -0.580. The van der Waals surface area contributed by atoms with Crippen LogP contribution in [0, 0.1) is 0 Å². The molecule has 1 heterocycles. The first-order chi connectivity index (χ1) is 7.65. The van der Waals surface area contributed by atoms with Crippen LogP contribution in [0.1, 0.15) is 24.1 Å². The van der Waals surface area contributed by atoms with Gasteiger partial charge in [0.05, 0.1) is 10.8 Å². The van der Waals surface area contributed by atoms with Gasteiger partial charge in [0.15, 0.2) is 0 Å². The second-order valence-electron chi connectivity index (χ2n) is 4.05. The third-order valence-corrected chi connectivity index (χ3v) is 3.88. The lowest BCUT2D eigenvalue weighted by atomic mass is 10.3. The molecule has 0 aliphatic heterocycles. The first-order valence-corrected chi connectivity index (χ1v) is 6.54. The fourth-order valence-corrected chi connectivity index (χ4v) is 2.82. The zero-order chi connectivity index (χ0) is 11.5. The van der Waals surface area contributed by atoms with Gasteiger partial charge in [-0.05, 0) is 25.0 Å². The van der Waals surface area contributed by atoms with Crippen molar-refractivity contribution in [1.29, 1.82) is 0 Å². The molecule has 0 spiro atoms. The highest BCUT2D eigenvalue weighted by Gasteiger charge is 2.29. The molecule has 16 heavy (non-hydrogen) atoms. The minimum Gasteiger partial charge on any atom is -0.481 e. The molecular weight excluding hydrogens is 246 g/mol. The fourth-order valence-electron chi connectivity index (χ4n) is 1.71. The average molecular weight is 260 g/mol. The number of aliphatic carboxylic acids is 1. The van der Waals surface area contributed by atoms with E-state index in [2.05, 4.69) is 4.90 Å². The van der Waals surface area contributed by atoms with Gasteiger partial charge in [0.1, 0.15) is 0 Å². The van der Waals surface area contributed by atoms with Crippen LogP contribution in [-0.4, -0.2) is 28.6 Å². The first kappa shape index (κ1) is 11.9. The topological polar surface area (TPSA) is 40.5 Å². The van der Waals surface area contributed by atoms with E-state index in [4.69, 9.17) is 16.7 Å². The summed E-state index contributed by atoms with van der Waals surface area (Å²) in [6, 6.07) is 4.49. The van der Waals surface area contributed by atoms with E-state index in [-0.39, 0.29) is 6.42 Å². The van der Waals surface area contributed by atoms with Crippen molar-refractivity contribution in [2.24, 2.45) is 0 Å². The van der Waals surface area contributed by atoms with Crippen molar-refractivity contribution < 1.29 is 9.90 Å². The van der Waals surface area contributed by atoms with Gasteiger partial charge in [0.2, 0.25) is 0 Å². The van der Waals surface area contributed by atoms with Gasteiger partial charge in [-0.3, -0.25) is 9.69 Å². The molecule has 0 radical (unpaired) electrons. The number of nitrogens with zero attached hydrogens (tertiary/aromatic N) is 1. The maximum atomic E-state index is 10.6. The molecule has 0 bridgehead atoms. The normalized spacial score (nSPS) is 15.6. The van der Waals surface area contributed by atoms with Gasteiger partial charge in [-0.1, -0.05) is 11.6 Å². The highest BCUT2D eigenvalue weighted by Crippen LogP contribution is 2.30. The number of carbonyl (C=O) groups is 1. The molecule has 1 aromatic heterocycles. The zero-order valence-corrected chi connectivity index (χ0v) is 10.4. The summed E-state index contributed by atoms with van der Waals surface area (Å²) in [7, 11) is 0. The van der Waals surface area contributed by atoms with E-state index < -0.39 is 5.97 Å². The number of rotatable bonds is 6. The smallest absolute Gasteiger partial charge is 0.304 e. The lowest BCUT2D eigenvalue weighted by molar-refractivity contribution is -0.137. The lowest BCUT2D eigenvalue weighted by Crippen LogP contribution is -2.27. The van der Waals surface area contributed by atoms with E-state index >= 15 is 0 Å². The molecule has 88 valence electrons. The van der Waals surface area contributed by atoms with Crippen LogP contribution < -0.4 is 0 Å². The Morgan fingerprint density at radius 1 is 1.56 bits per heavy atom. The predicted octanol–water partition coefficient (Wildman–Crippen LogP) is 2.84. The molecule has 5 heteroatoms. The van der Waals surface area contributed by atoms with Crippen LogP contribution in [0.5, 0.6) is 0 Å². The summed E-state index contributed by atoms with van der Waals surface area (Å²) in [5.74, 6) is -0.727. The van der Waals surface area contributed by atoms with Crippen LogP contribution >= 0.6 is 22.9 Å². The van der Waals surface area contributed by atoms with Gasteiger partial charge in [0, 0.05) is 24.0 Å². The van der Waals surface area contributed by atoms with Gasteiger partial charge in [0.25, 0.3) is 0 Å². The molecular formula is C11H14ClNO2S. The number of hydrogen-bond acceptors (Lipinski definition) is 3. The Kier molecular flexibility index (Phi) is 3.84. The quantitative estimate of drug-likeness (QED) is 0.854. The maximum Gasteiger partial charge on any atom is 0.304 e. The Morgan fingerprint density at radius 2 is 2.31 bits per heavy atom. The highest BCUT2D eigenvalue weighted by atomic mass is 35.5. The molecule has 0 unspecified atom stereocenters. The molecule has 1 aliphatic rings. The molecule has 1 fully saturated rings. The van der Waals surface area contributed by atoms with Crippen LogP contribution in [0.2, 0.25) is 4.34 Å². The first-order valence-electron chi connectivity index (χ1n) is 5.35. The summed E-state index contributed by atoms with van der Waals surface area (Å²) in [5, 5.41) is 8.69. The Balaban J connectivity index is 1.89. The predicted molar refractivity (Wildman–Crippen MR) is 65.0 cm³/mol. The molecule has 1 aromatic rings. The third-order valence-electron chi connectivity index (χ3n) is 2.66. The van der Waals surface area contributed by atoms with Gasteiger partial charge in [-0.2, -0.15) is 0 Å². The molecule has 0 aromatic carbocycles. The number of carboxylic acids is 1. The summed E-state index contributed by atoms with van der Waals surface area (Å²) < 4.78 is 0.795. The highest BCUT2D eigenvalue weighted by molar-refractivity contribution is 7.16. The van der Waals surface area contributed by atoms with E-state index in [0.717, 1.165) is 10.9 Å². The average Bonchev–Trinajstić information content (AvgIpc) is 2.98. The molecule has 0 atom stereocenters. The van der Waals surface area contributed by atoms with E-state index in [0.29, 0.717) is 12.6 Å². The largest absolute Gasteiger partial charge is 0.481 e. The molecule has 2 rings (SSSR count). The van der Waals surface area contributed by atoms with Crippen LogP contribution in [0.3, 0.4) is 0 Å². The summed E-state index contributed by atoms with van der Waals surface area (Å²) in [4.78, 5) is 14.0. The molecule has 3 nitrogen and oxygen atoms in total. The molecule has 0 amide bonds. The second-order valence-corrected chi connectivity index (χ2v) is 5.85. The van der Waals surface area contributed by atoms with E-state index in [1.54, 1.807) is 11.3 Å². The SMILES string of the molecule is O=C(O)CCN(Cc1ccc(Cl)s1)C1CC1. The van der Waals surface area contributed by atoms with E-state index in [9.17, 15) is 4.79 Å². The van der Waals surface area contributed by atoms with Crippen molar-refractivity contribution >= 4 is 28.9 Å². The summed E-state index contributed by atoms with van der Waals surface area (Å²) in [6.07, 6.45) is 2.60. The number of halogens is 1. The maximum absolute atomic E-state index is 10.6. The van der Waals surface area contributed by atoms with Gasteiger partial charge in [-0.25, -0.2) is 0 Å². The molecule has 1 saturated carbocycles. The van der Waals surface area contributed by atoms with Crippen LogP contribution in [-0.2, 0) is 11.3 Å². The Morgan fingerprint density at radius 3 is 2.81 bits per heavy atom. The molecule has 1 N–H and O–H groups in total. The fraction of sp³-hybridized carbons (Fsp3) is 0.545. The van der Waals surface area contributed by atoms with Crippen molar-refractivity contribution in [3.63, 3.8) is 0 Å².